The summed E-state index contributed by atoms with van der Waals surface area (Å²) in [6.07, 6.45) is 8.37. The van der Waals surface area contributed by atoms with Gasteiger partial charge in [-0.05, 0) is 67.1 Å². The van der Waals surface area contributed by atoms with Crippen molar-refractivity contribution in [3.05, 3.63) is 76.6 Å². The summed E-state index contributed by atoms with van der Waals surface area (Å²) in [7, 11) is -2.02. The van der Waals surface area contributed by atoms with Crippen LogP contribution in [-0.2, 0) is 29.9 Å². The minimum Gasteiger partial charge on any atom is -0.352 e. The molecule has 0 saturated carbocycles. The van der Waals surface area contributed by atoms with E-state index in [1.165, 1.54) is 18.2 Å². The number of carbonyl (C=O) groups is 1. The molecule has 0 saturated heterocycles. The summed E-state index contributed by atoms with van der Waals surface area (Å²) in [5.41, 5.74) is 2.83. The topological polar surface area (TPSA) is 93.1 Å². The van der Waals surface area contributed by atoms with E-state index >= 15 is 0 Å². The van der Waals surface area contributed by atoms with Crippen LogP contribution in [0.15, 0.2) is 59.8 Å². The van der Waals surface area contributed by atoms with Crippen LogP contribution in [0.3, 0.4) is 0 Å². The van der Waals surface area contributed by atoms with E-state index in [0.29, 0.717) is 12.2 Å². The first-order valence-electron chi connectivity index (χ1n) is 11.0. The van der Waals surface area contributed by atoms with Crippen LogP contribution in [0.4, 0.5) is 5.69 Å². The largest absolute Gasteiger partial charge is 0.352 e. The van der Waals surface area contributed by atoms with Crippen LogP contribution in [0.2, 0.25) is 5.02 Å². The maximum Gasteiger partial charge on any atom is 0.261 e. The molecule has 0 aliphatic carbocycles. The Labute approximate surface area is 200 Å². The zero-order valence-corrected chi connectivity index (χ0v) is 20.4. The van der Waals surface area contributed by atoms with E-state index in [2.05, 4.69) is 22.1 Å². The maximum atomic E-state index is 12.9. The molecule has 3 aromatic rings. The average molecular weight is 489 g/mol. The number of benzene rings is 2. The highest BCUT2D eigenvalue weighted by Gasteiger charge is 2.19. The highest BCUT2D eigenvalue weighted by molar-refractivity contribution is 7.92. The summed E-state index contributed by atoms with van der Waals surface area (Å²) in [6.45, 7) is 2.56. The van der Waals surface area contributed by atoms with Crippen molar-refractivity contribution in [3.8, 4) is 0 Å². The van der Waals surface area contributed by atoms with Crippen molar-refractivity contribution in [2.75, 3.05) is 11.3 Å². The van der Waals surface area contributed by atoms with Crippen molar-refractivity contribution >= 4 is 33.2 Å². The fourth-order valence-corrected chi connectivity index (χ4v) is 4.66. The highest BCUT2D eigenvalue weighted by atomic mass is 35.5. The Morgan fingerprint density at radius 1 is 1.06 bits per heavy atom. The molecule has 33 heavy (non-hydrogen) atoms. The highest BCUT2D eigenvalue weighted by Crippen LogP contribution is 2.23. The number of amides is 1. The van der Waals surface area contributed by atoms with Gasteiger partial charge < -0.3 is 5.32 Å². The van der Waals surface area contributed by atoms with Crippen LogP contribution in [0.5, 0.6) is 0 Å². The second-order valence-electron chi connectivity index (χ2n) is 7.93. The number of nitrogens with zero attached hydrogens (tertiary/aromatic N) is 2. The first kappa shape index (κ1) is 24.8. The van der Waals surface area contributed by atoms with E-state index < -0.39 is 15.9 Å². The zero-order valence-electron chi connectivity index (χ0n) is 18.8. The summed E-state index contributed by atoms with van der Waals surface area (Å²) < 4.78 is 30.0. The Bertz CT molecular complexity index is 1190. The number of aryl methyl sites for hydroxylation is 3. The molecule has 1 aromatic heterocycles. The van der Waals surface area contributed by atoms with Crippen LogP contribution in [0, 0.1) is 0 Å². The van der Waals surface area contributed by atoms with Crippen LogP contribution in [0.25, 0.3) is 0 Å². The van der Waals surface area contributed by atoms with Gasteiger partial charge in [0.1, 0.15) is 0 Å². The minimum atomic E-state index is -3.87. The molecule has 1 heterocycles. The second-order valence-corrected chi connectivity index (χ2v) is 10.0. The third kappa shape index (κ3) is 7.07. The number of rotatable bonds is 11. The average Bonchev–Trinajstić information content (AvgIpc) is 3.21. The van der Waals surface area contributed by atoms with E-state index in [4.69, 9.17) is 11.6 Å². The fourth-order valence-electron chi connectivity index (χ4n) is 3.37. The van der Waals surface area contributed by atoms with E-state index in [0.717, 1.165) is 43.2 Å². The third-order valence-corrected chi connectivity index (χ3v) is 6.91. The lowest BCUT2D eigenvalue weighted by molar-refractivity contribution is 0.0953. The van der Waals surface area contributed by atoms with Gasteiger partial charge in [0.05, 0.1) is 21.7 Å². The predicted octanol–water partition coefficient (Wildman–Crippen LogP) is 4.58. The van der Waals surface area contributed by atoms with E-state index in [1.807, 2.05) is 25.4 Å². The van der Waals surface area contributed by atoms with Gasteiger partial charge in [0.15, 0.2) is 0 Å². The molecule has 2 aromatic carbocycles. The molecule has 0 bridgehead atoms. The standard InChI is InChI=1S/C24H29ClN4O3S/c1-3-4-6-18-8-10-20(11-9-18)28-33(31,32)21-12-13-23(25)22(15-21)24(30)26-14-5-7-19-16-27-29(2)17-19/h8-13,15-17,28H,3-7,14H2,1-2H3,(H,26,30). The lowest BCUT2D eigenvalue weighted by Crippen LogP contribution is -2.25. The molecule has 0 atom stereocenters. The SMILES string of the molecule is CCCCc1ccc(NS(=O)(=O)c2ccc(Cl)c(C(=O)NCCCc3cnn(C)c3)c2)cc1. The first-order valence-corrected chi connectivity index (χ1v) is 12.8. The number of sulfonamides is 1. The molecule has 0 radical (unpaired) electrons. The van der Waals surface area contributed by atoms with Gasteiger partial charge in [0.25, 0.3) is 15.9 Å². The second kappa shape index (κ2) is 11.3. The van der Waals surface area contributed by atoms with Gasteiger partial charge in [-0.25, -0.2) is 8.42 Å². The van der Waals surface area contributed by atoms with Crippen molar-refractivity contribution in [1.29, 1.82) is 0 Å². The number of hydrogen-bond acceptors (Lipinski definition) is 4. The zero-order chi connectivity index (χ0) is 23.8. The first-order chi connectivity index (χ1) is 15.8. The number of anilines is 1. The molecule has 176 valence electrons. The normalized spacial score (nSPS) is 11.4. The molecular formula is C24H29ClN4O3S. The van der Waals surface area contributed by atoms with Gasteiger partial charge in [-0.3, -0.25) is 14.2 Å². The number of nitrogens with one attached hydrogen (secondary N) is 2. The number of carbonyl (C=O) groups excluding carboxylic acids is 1. The predicted molar refractivity (Wildman–Crippen MR) is 131 cm³/mol. The van der Waals surface area contributed by atoms with Gasteiger partial charge in [0, 0.05) is 25.5 Å². The lowest BCUT2D eigenvalue weighted by Gasteiger charge is -2.11. The summed E-state index contributed by atoms with van der Waals surface area (Å²) in [5, 5.41) is 7.11. The van der Waals surface area contributed by atoms with Gasteiger partial charge in [0.2, 0.25) is 0 Å². The third-order valence-electron chi connectivity index (χ3n) is 5.20. The molecule has 7 nitrogen and oxygen atoms in total. The Morgan fingerprint density at radius 2 is 1.79 bits per heavy atom. The summed E-state index contributed by atoms with van der Waals surface area (Å²) in [5.74, 6) is -0.413. The Morgan fingerprint density at radius 3 is 2.45 bits per heavy atom. The molecule has 0 aliphatic heterocycles. The molecule has 1 amide bonds. The van der Waals surface area contributed by atoms with Gasteiger partial charge >= 0.3 is 0 Å². The molecule has 0 fully saturated rings. The van der Waals surface area contributed by atoms with Crippen molar-refractivity contribution in [1.82, 2.24) is 15.1 Å². The van der Waals surface area contributed by atoms with Gasteiger partial charge in [-0.15, -0.1) is 0 Å². The number of hydrogen-bond donors (Lipinski definition) is 2. The van der Waals surface area contributed by atoms with Crippen LogP contribution in [0.1, 0.15) is 47.7 Å². The monoisotopic (exact) mass is 488 g/mol. The Hall–Kier alpha value is -2.84. The Kier molecular flexibility index (Phi) is 8.52. The molecule has 9 heteroatoms. The molecule has 0 spiro atoms. The number of halogens is 1. The van der Waals surface area contributed by atoms with Crippen LogP contribution < -0.4 is 10.0 Å². The van der Waals surface area contributed by atoms with E-state index in [-0.39, 0.29) is 15.5 Å². The summed E-state index contributed by atoms with van der Waals surface area (Å²) >= 11 is 6.18. The Balaban J connectivity index is 1.63. The molecule has 2 N–H and O–H groups in total. The summed E-state index contributed by atoms with van der Waals surface area (Å²) in [6, 6.07) is 11.4. The van der Waals surface area contributed by atoms with Gasteiger partial charge in [-0.1, -0.05) is 37.1 Å². The maximum absolute atomic E-state index is 12.9. The number of aromatic nitrogens is 2. The van der Waals surface area contributed by atoms with Crippen molar-refractivity contribution in [3.63, 3.8) is 0 Å². The van der Waals surface area contributed by atoms with Crippen molar-refractivity contribution < 1.29 is 13.2 Å². The minimum absolute atomic E-state index is 0.0255. The van der Waals surface area contributed by atoms with E-state index in [9.17, 15) is 13.2 Å². The van der Waals surface area contributed by atoms with Crippen molar-refractivity contribution in [2.24, 2.45) is 7.05 Å². The smallest absolute Gasteiger partial charge is 0.261 e. The lowest BCUT2D eigenvalue weighted by atomic mass is 10.1. The quantitative estimate of drug-likeness (QED) is 0.386. The van der Waals surface area contributed by atoms with Crippen LogP contribution >= 0.6 is 11.6 Å². The molecule has 0 unspecified atom stereocenters. The fraction of sp³-hybridized carbons (Fsp3) is 0.333. The summed E-state index contributed by atoms with van der Waals surface area (Å²) in [4.78, 5) is 12.6. The molecule has 0 aliphatic rings. The number of unbranched alkanes of at least 4 members (excludes halogenated alkanes) is 1. The molecular weight excluding hydrogens is 460 g/mol. The molecule has 3 rings (SSSR count). The van der Waals surface area contributed by atoms with Crippen molar-refractivity contribution in [2.45, 2.75) is 43.9 Å². The van der Waals surface area contributed by atoms with Gasteiger partial charge in [-0.2, -0.15) is 5.10 Å². The van der Waals surface area contributed by atoms with Crippen LogP contribution in [-0.4, -0.2) is 30.7 Å². The van der Waals surface area contributed by atoms with E-state index in [1.54, 1.807) is 23.0 Å².